The molecular formula is C13H6F2N2O2. The fourth-order valence-corrected chi connectivity index (χ4v) is 1.66. The summed E-state index contributed by atoms with van der Waals surface area (Å²) in [4.78, 5) is 10.1. The van der Waals surface area contributed by atoms with Gasteiger partial charge in [0.25, 0.3) is 5.69 Å². The van der Waals surface area contributed by atoms with Crippen molar-refractivity contribution < 1.29 is 13.7 Å². The number of nitriles is 1. The van der Waals surface area contributed by atoms with Crippen LogP contribution in [0.25, 0.3) is 11.1 Å². The lowest BCUT2D eigenvalue weighted by molar-refractivity contribution is -0.384. The second-order valence-electron chi connectivity index (χ2n) is 3.76. The third kappa shape index (κ3) is 2.55. The molecule has 0 spiro atoms. The highest BCUT2D eigenvalue weighted by Crippen LogP contribution is 2.28. The lowest BCUT2D eigenvalue weighted by Crippen LogP contribution is -1.92. The van der Waals surface area contributed by atoms with Crippen LogP contribution in [-0.4, -0.2) is 4.92 Å². The minimum atomic E-state index is -0.843. The van der Waals surface area contributed by atoms with E-state index in [4.69, 9.17) is 5.26 Å². The summed E-state index contributed by atoms with van der Waals surface area (Å²) in [5, 5.41) is 19.5. The Morgan fingerprint density at radius 2 is 1.89 bits per heavy atom. The van der Waals surface area contributed by atoms with Crippen LogP contribution in [0.5, 0.6) is 0 Å². The van der Waals surface area contributed by atoms with Gasteiger partial charge >= 0.3 is 0 Å². The second kappa shape index (κ2) is 4.82. The van der Waals surface area contributed by atoms with Crippen LogP contribution in [0.1, 0.15) is 5.56 Å². The minimum absolute atomic E-state index is 0.00148. The summed E-state index contributed by atoms with van der Waals surface area (Å²) in [7, 11) is 0. The van der Waals surface area contributed by atoms with E-state index < -0.39 is 16.6 Å². The van der Waals surface area contributed by atoms with Crippen molar-refractivity contribution in [1.82, 2.24) is 0 Å². The largest absolute Gasteiger partial charge is 0.271 e. The molecule has 0 atom stereocenters. The number of nitrogens with zero attached hydrogens (tertiary/aromatic N) is 2. The maximum absolute atomic E-state index is 13.6. The van der Waals surface area contributed by atoms with Crippen LogP contribution in [0.4, 0.5) is 14.5 Å². The zero-order valence-corrected chi connectivity index (χ0v) is 9.43. The van der Waals surface area contributed by atoms with Crippen molar-refractivity contribution in [3.05, 3.63) is 63.7 Å². The van der Waals surface area contributed by atoms with Crippen molar-refractivity contribution in [2.75, 3.05) is 0 Å². The van der Waals surface area contributed by atoms with Crippen LogP contribution in [0.3, 0.4) is 0 Å². The van der Waals surface area contributed by atoms with Crippen molar-refractivity contribution in [3.63, 3.8) is 0 Å². The van der Waals surface area contributed by atoms with Gasteiger partial charge in [0.15, 0.2) is 0 Å². The zero-order chi connectivity index (χ0) is 14.0. The molecule has 0 aliphatic heterocycles. The van der Waals surface area contributed by atoms with Crippen molar-refractivity contribution in [2.45, 2.75) is 0 Å². The van der Waals surface area contributed by atoms with E-state index in [1.54, 1.807) is 6.07 Å². The maximum Gasteiger partial charge on any atom is 0.271 e. The number of nitro benzene ring substituents is 1. The average molecular weight is 260 g/mol. The Kier molecular flexibility index (Phi) is 3.21. The highest BCUT2D eigenvalue weighted by molar-refractivity contribution is 5.69. The summed E-state index contributed by atoms with van der Waals surface area (Å²) < 4.78 is 26.4. The molecule has 0 fully saturated rings. The molecule has 0 amide bonds. The molecule has 6 heteroatoms. The highest BCUT2D eigenvalue weighted by Gasteiger charge is 2.13. The molecule has 4 nitrogen and oxygen atoms in total. The van der Waals surface area contributed by atoms with E-state index in [1.807, 2.05) is 0 Å². The first kappa shape index (κ1) is 12.6. The molecule has 0 unspecified atom stereocenters. The summed E-state index contributed by atoms with van der Waals surface area (Å²) in [6.07, 6.45) is 0. The zero-order valence-electron chi connectivity index (χ0n) is 9.43. The molecule has 0 saturated carbocycles. The van der Waals surface area contributed by atoms with Gasteiger partial charge in [0.2, 0.25) is 0 Å². The molecule has 2 aromatic carbocycles. The Morgan fingerprint density at radius 3 is 2.47 bits per heavy atom. The first-order valence-corrected chi connectivity index (χ1v) is 5.16. The molecule has 0 aliphatic carbocycles. The Balaban J connectivity index is 2.65. The molecule has 0 saturated heterocycles. The van der Waals surface area contributed by atoms with Gasteiger partial charge in [0, 0.05) is 23.8 Å². The van der Waals surface area contributed by atoms with Crippen LogP contribution in [0.2, 0.25) is 0 Å². The standard InChI is InChI=1S/C13H6F2N2O2/c14-10-1-2-12(13(15)6-10)9-3-8(7-16)4-11(5-9)17(18)19/h1-6H. The normalized spacial score (nSPS) is 9.95. The van der Waals surface area contributed by atoms with E-state index in [-0.39, 0.29) is 22.4 Å². The SMILES string of the molecule is N#Cc1cc(-c2ccc(F)cc2F)cc([N+](=O)[O-])c1. The predicted molar refractivity (Wildman–Crippen MR) is 63.2 cm³/mol. The molecular weight excluding hydrogens is 254 g/mol. The van der Waals surface area contributed by atoms with Gasteiger partial charge in [-0.25, -0.2) is 8.78 Å². The topological polar surface area (TPSA) is 66.9 Å². The van der Waals surface area contributed by atoms with E-state index in [1.165, 1.54) is 12.1 Å². The van der Waals surface area contributed by atoms with Crippen molar-refractivity contribution in [3.8, 4) is 17.2 Å². The summed E-state index contributed by atoms with van der Waals surface area (Å²) in [5.74, 6) is -1.59. The molecule has 0 aliphatic rings. The smallest absolute Gasteiger partial charge is 0.258 e. The predicted octanol–water partition coefficient (Wildman–Crippen LogP) is 3.41. The number of benzene rings is 2. The van der Waals surface area contributed by atoms with Gasteiger partial charge in [0.05, 0.1) is 16.6 Å². The lowest BCUT2D eigenvalue weighted by Gasteiger charge is -2.04. The van der Waals surface area contributed by atoms with E-state index in [2.05, 4.69) is 0 Å². The third-order valence-corrected chi connectivity index (χ3v) is 2.50. The van der Waals surface area contributed by atoms with Gasteiger partial charge in [-0.15, -0.1) is 0 Å². The molecule has 2 rings (SSSR count). The molecule has 0 radical (unpaired) electrons. The van der Waals surface area contributed by atoms with Gasteiger partial charge in [-0.05, 0) is 23.8 Å². The van der Waals surface area contributed by atoms with E-state index in [0.717, 1.165) is 18.2 Å². The number of rotatable bonds is 2. The number of non-ortho nitro benzene ring substituents is 1. The monoisotopic (exact) mass is 260 g/mol. The molecule has 94 valence electrons. The van der Waals surface area contributed by atoms with E-state index >= 15 is 0 Å². The van der Waals surface area contributed by atoms with Crippen LogP contribution < -0.4 is 0 Å². The lowest BCUT2D eigenvalue weighted by atomic mass is 10.0. The molecule has 0 aromatic heterocycles. The van der Waals surface area contributed by atoms with Crippen LogP contribution in [0.15, 0.2) is 36.4 Å². The number of hydrogen-bond acceptors (Lipinski definition) is 3. The Labute approximate surface area is 106 Å². The van der Waals surface area contributed by atoms with Crippen molar-refractivity contribution in [2.24, 2.45) is 0 Å². The van der Waals surface area contributed by atoms with Crippen LogP contribution >= 0.6 is 0 Å². The van der Waals surface area contributed by atoms with Crippen LogP contribution in [-0.2, 0) is 0 Å². The number of nitro groups is 1. The van der Waals surface area contributed by atoms with Crippen molar-refractivity contribution in [1.29, 1.82) is 5.26 Å². The fourth-order valence-electron chi connectivity index (χ4n) is 1.66. The minimum Gasteiger partial charge on any atom is -0.258 e. The van der Waals surface area contributed by atoms with Gasteiger partial charge in [0.1, 0.15) is 11.6 Å². The van der Waals surface area contributed by atoms with E-state index in [0.29, 0.717) is 6.07 Å². The molecule has 2 aromatic rings. The first-order valence-electron chi connectivity index (χ1n) is 5.16. The Hall–Kier alpha value is -2.81. The molecule has 0 heterocycles. The van der Waals surface area contributed by atoms with Crippen LogP contribution in [0, 0.1) is 33.1 Å². The van der Waals surface area contributed by atoms with Crippen molar-refractivity contribution >= 4 is 5.69 Å². The molecule has 0 N–H and O–H groups in total. The summed E-state index contributed by atoms with van der Waals surface area (Å²) >= 11 is 0. The van der Waals surface area contributed by atoms with Gasteiger partial charge in [-0.2, -0.15) is 5.26 Å². The van der Waals surface area contributed by atoms with Gasteiger partial charge in [-0.3, -0.25) is 10.1 Å². The average Bonchev–Trinajstić information content (AvgIpc) is 2.38. The molecule has 0 bridgehead atoms. The summed E-state index contributed by atoms with van der Waals surface area (Å²) in [6.45, 7) is 0. The van der Waals surface area contributed by atoms with E-state index in [9.17, 15) is 18.9 Å². The molecule has 19 heavy (non-hydrogen) atoms. The Bertz CT molecular complexity index is 708. The summed E-state index contributed by atoms with van der Waals surface area (Å²) in [6, 6.07) is 8.19. The fraction of sp³-hybridized carbons (Fsp3) is 0. The maximum atomic E-state index is 13.6. The summed E-state index contributed by atoms with van der Waals surface area (Å²) in [5.41, 5.74) is -0.129. The first-order chi connectivity index (χ1) is 9.01. The number of hydrogen-bond donors (Lipinski definition) is 0. The third-order valence-electron chi connectivity index (χ3n) is 2.50. The van der Waals surface area contributed by atoms with Gasteiger partial charge < -0.3 is 0 Å². The Morgan fingerprint density at radius 1 is 1.16 bits per heavy atom. The number of halogens is 2. The van der Waals surface area contributed by atoms with Gasteiger partial charge in [-0.1, -0.05) is 0 Å². The second-order valence-corrected chi connectivity index (χ2v) is 3.76. The highest BCUT2D eigenvalue weighted by atomic mass is 19.1. The quantitative estimate of drug-likeness (QED) is 0.613.